The number of aromatic nitrogens is 2. The van der Waals surface area contributed by atoms with Crippen molar-refractivity contribution in [1.82, 2.24) is 9.97 Å². The Balaban J connectivity index is 2.07. The zero-order valence-corrected chi connectivity index (χ0v) is 11.6. The summed E-state index contributed by atoms with van der Waals surface area (Å²) in [6.45, 7) is 0.419. The number of amides is 1. The maximum Gasteiger partial charge on any atom is 0.409 e. The number of nitrogens with zero attached hydrogens (tertiary/aromatic N) is 2. The first-order chi connectivity index (χ1) is 9.54. The van der Waals surface area contributed by atoms with E-state index < -0.39 is 6.09 Å². The van der Waals surface area contributed by atoms with E-state index in [9.17, 15) is 4.79 Å². The Morgan fingerprint density at radius 3 is 2.90 bits per heavy atom. The van der Waals surface area contributed by atoms with Crippen molar-refractivity contribution < 1.29 is 9.90 Å². The van der Waals surface area contributed by atoms with Crippen molar-refractivity contribution in [3.63, 3.8) is 0 Å². The number of halogens is 2. The first-order valence-electron chi connectivity index (χ1n) is 5.55. The Hall–Kier alpha value is -2.05. The smallest absolute Gasteiger partial charge is 0.409 e. The monoisotopic (exact) mass is 312 g/mol. The highest BCUT2D eigenvalue weighted by molar-refractivity contribution is 6.33. The standard InChI is InChI=1S/C12H10Cl2N4O2/c13-9-6-16-11(14)18-10(9)15-5-7-2-1-3-8(4-7)17-12(19)20/h1-4,6,17H,5H2,(H,19,20)(H,15,16,18). The Bertz CT molecular complexity index is 637. The van der Waals surface area contributed by atoms with Crippen LogP contribution in [0.1, 0.15) is 5.56 Å². The maximum atomic E-state index is 10.6. The second kappa shape index (κ2) is 6.40. The van der Waals surface area contributed by atoms with Gasteiger partial charge in [0.15, 0.2) is 0 Å². The number of carbonyl (C=O) groups is 1. The molecule has 8 heteroatoms. The minimum Gasteiger partial charge on any atom is -0.465 e. The average Bonchev–Trinajstić information content (AvgIpc) is 2.39. The van der Waals surface area contributed by atoms with Crippen molar-refractivity contribution in [2.75, 3.05) is 10.6 Å². The molecule has 20 heavy (non-hydrogen) atoms. The quantitative estimate of drug-likeness (QED) is 0.752. The van der Waals surface area contributed by atoms with Gasteiger partial charge in [0.2, 0.25) is 5.28 Å². The van der Waals surface area contributed by atoms with Crippen LogP contribution in [0.3, 0.4) is 0 Å². The third-order valence-corrected chi connectivity index (χ3v) is 2.81. The van der Waals surface area contributed by atoms with Gasteiger partial charge in [0.25, 0.3) is 0 Å². The highest BCUT2D eigenvalue weighted by atomic mass is 35.5. The van der Waals surface area contributed by atoms with Crippen molar-refractivity contribution in [2.45, 2.75) is 6.54 Å². The summed E-state index contributed by atoms with van der Waals surface area (Å²) in [7, 11) is 0. The Kier molecular flexibility index (Phi) is 4.60. The number of carboxylic acid groups (broad SMARTS) is 1. The summed E-state index contributed by atoms with van der Waals surface area (Å²) in [6, 6.07) is 6.96. The van der Waals surface area contributed by atoms with Gasteiger partial charge in [0.05, 0.1) is 6.20 Å². The van der Waals surface area contributed by atoms with Gasteiger partial charge in [-0.2, -0.15) is 4.98 Å². The van der Waals surface area contributed by atoms with Gasteiger partial charge in [-0.15, -0.1) is 0 Å². The lowest BCUT2D eigenvalue weighted by Gasteiger charge is -2.08. The lowest BCUT2D eigenvalue weighted by molar-refractivity contribution is 0.210. The van der Waals surface area contributed by atoms with Crippen LogP contribution in [0.15, 0.2) is 30.5 Å². The minimum absolute atomic E-state index is 0.0956. The van der Waals surface area contributed by atoms with Crippen LogP contribution in [0.25, 0.3) is 0 Å². The normalized spacial score (nSPS) is 10.1. The maximum absolute atomic E-state index is 10.6. The predicted octanol–water partition coefficient (Wildman–Crippen LogP) is 3.49. The van der Waals surface area contributed by atoms with E-state index in [0.717, 1.165) is 5.56 Å². The van der Waals surface area contributed by atoms with Crippen molar-refractivity contribution in [1.29, 1.82) is 0 Å². The molecule has 0 saturated carbocycles. The summed E-state index contributed by atoms with van der Waals surface area (Å²) < 4.78 is 0. The van der Waals surface area contributed by atoms with Crippen LogP contribution >= 0.6 is 23.2 Å². The highest BCUT2D eigenvalue weighted by Crippen LogP contribution is 2.20. The first kappa shape index (κ1) is 14.4. The van der Waals surface area contributed by atoms with Crippen LogP contribution in [0.5, 0.6) is 0 Å². The molecule has 0 aliphatic carbocycles. The highest BCUT2D eigenvalue weighted by Gasteiger charge is 2.04. The summed E-state index contributed by atoms with van der Waals surface area (Å²) in [4.78, 5) is 18.3. The second-order valence-corrected chi connectivity index (χ2v) is 4.56. The molecule has 0 unspecified atom stereocenters. The Morgan fingerprint density at radius 2 is 2.15 bits per heavy atom. The third kappa shape index (κ3) is 3.97. The zero-order chi connectivity index (χ0) is 14.5. The largest absolute Gasteiger partial charge is 0.465 e. The lowest BCUT2D eigenvalue weighted by Crippen LogP contribution is -2.08. The van der Waals surface area contributed by atoms with E-state index >= 15 is 0 Å². The van der Waals surface area contributed by atoms with Gasteiger partial charge in [-0.3, -0.25) is 5.32 Å². The van der Waals surface area contributed by atoms with Crippen molar-refractivity contribution in [3.05, 3.63) is 46.3 Å². The average molecular weight is 313 g/mol. The van der Waals surface area contributed by atoms with E-state index in [2.05, 4.69) is 20.6 Å². The Labute approximate surface area is 124 Å². The number of hydrogen-bond acceptors (Lipinski definition) is 4. The third-order valence-electron chi connectivity index (χ3n) is 2.35. The molecule has 0 saturated heterocycles. The van der Waals surface area contributed by atoms with Gasteiger partial charge in [0.1, 0.15) is 10.8 Å². The molecule has 3 N–H and O–H groups in total. The summed E-state index contributed by atoms with van der Waals surface area (Å²) in [5.41, 5.74) is 1.35. The van der Waals surface area contributed by atoms with Gasteiger partial charge in [-0.25, -0.2) is 9.78 Å². The topological polar surface area (TPSA) is 87.1 Å². The molecule has 1 amide bonds. The van der Waals surface area contributed by atoms with Crippen molar-refractivity contribution >= 4 is 40.8 Å². The molecule has 0 aliphatic heterocycles. The molecule has 6 nitrogen and oxygen atoms in total. The van der Waals surface area contributed by atoms with E-state index in [1.54, 1.807) is 18.2 Å². The molecule has 2 rings (SSSR count). The molecular formula is C12H10Cl2N4O2. The van der Waals surface area contributed by atoms with Crippen molar-refractivity contribution in [3.8, 4) is 0 Å². The van der Waals surface area contributed by atoms with Crippen LogP contribution in [0.2, 0.25) is 10.3 Å². The van der Waals surface area contributed by atoms with E-state index in [1.165, 1.54) is 6.20 Å². The second-order valence-electron chi connectivity index (χ2n) is 3.82. The van der Waals surface area contributed by atoms with E-state index in [-0.39, 0.29) is 5.28 Å². The van der Waals surface area contributed by atoms with Gasteiger partial charge in [-0.1, -0.05) is 23.7 Å². The molecule has 0 bridgehead atoms. The van der Waals surface area contributed by atoms with Crippen LogP contribution in [0.4, 0.5) is 16.3 Å². The molecule has 2 aromatic rings. The number of anilines is 2. The first-order valence-corrected chi connectivity index (χ1v) is 6.31. The Morgan fingerprint density at radius 1 is 1.35 bits per heavy atom. The van der Waals surface area contributed by atoms with Crippen molar-refractivity contribution in [2.24, 2.45) is 0 Å². The number of rotatable bonds is 4. The summed E-state index contributed by atoms with van der Waals surface area (Å²) in [5.74, 6) is 0.420. The van der Waals surface area contributed by atoms with Crippen LogP contribution in [0, 0.1) is 0 Å². The number of nitrogens with one attached hydrogen (secondary N) is 2. The minimum atomic E-state index is -1.11. The number of benzene rings is 1. The summed E-state index contributed by atoms with van der Waals surface area (Å²) >= 11 is 11.6. The van der Waals surface area contributed by atoms with Crippen LogP contribution in [-0.4, -0.2) is 21.2 Å². The lowest BCUT2D eigenvalue weighted by atomic mass is 10.2. The van der Waals surface area contributed by atoms with Gasteiger partial charge in [0, 0.05) is 12.2 Å². The molecule has 104 valence electrons. The molecule has 1 aromatic heterocycles. The summed E-state index contributed by atoms with van der Waals surface area (Å²) in [6.07, 6.45) is 0.294. The van der Waals surface area contributed by atoms with Gasteiger partial charge < -0.3 is 10.4 Å². The van der Waals surface area contributed by atoms with Crippen LogP contribution < -0.4 is 10.6 Å². The SMILES string of the molecule is O=C(O)Nc1cccc(CNc2nc(Cl)ncc2Cl)c1. The molecule has 0 atom stereocenters. The predicted molar refractivity (Wildman–Crippen MR) is 77.5 cm³/mol. The molecule has 0 aliphatic rings. The van der Waals surface area contributed by atoms with Gasteiger partial charge in [-0.05, 0) is 29.3 Å². The molecule has 0 radical (unpaired) electrons. The molecule has 1 aromatic carbocycles. The van der Waals surface area contributed by atoms with E-state index in [0.29, 0.717) is 23.1 Å². The van der Waals surface area contributed by atoms with E-state index in [1.807, 2.05) is 6.07 Å². The molecule has 0 spiro atoms. The number of hydrogen-bond donors (Lipinski definition) is 3. The van der Waals surface area contributed by atoms with E-state index in [4.69, 9.17) is 28.3 Å². The zero-order valence-electron chi connectivity index (χ0n) is 10.1. The van der Waals surface area contributed by atoms with Crippen LogP contribution in [-0.2, 0) is 6.54 Å². The summed E-state index contributed by atoms with van der Waals surface area (Å²) in [5, 5.41) is 14.4. The fourth-order valence-corrected chi connectivity index (χ4v) is 1.83. The van der Waals surface area contributed by atoms with Gasteiger partial charge >= 0.3 is 6.09 Å². The molecule has 1 heterocycles. The molecule has 0 fully saturated rings. The fourth-order valence-electron chi connectivity index (χ4n) is 1.54. The molecular weight excluding hydrogens is 303 g/mol. The fraction of sp³-hybridized carbons (Fsp3) is 0.0833.